The van der Waals surface area contributed by atoms with E-state index >= 15 is 0 Å². The Morgan fingerprint density at radius 3 is 2.47 bits per heavy atom. The van der Waals surface area contributed by atoms with Crippen LogP contribution >= 0.6 is 0 Å². The molecule has 0 heterocycles. The standard InChI is InChI=1S/C29H32O5/c1-5-19(18-28(30)32-3)20-9-13-23(14-10-20)34-26-16-12-21-17-22(11-15-24(21)26)25-7-6-8-27(31-2)29(25)33-4/h6-11,13-15,17,19,26H,5,12,16,18H2,1-4H3/t19-,26?/m1/s1. The lowest BCUT2D eigenvalue weighted by atomic mass is 9.93. The number of hydrogen-bond donors (Lipinski definition) is 0. The first kappa shape index (κ1) is 23.7. The van der Waals surface area contributed by atoms with Gasteiger partial charge in [-0.05, 0) is 65.6 Å². The van der Waals surface area contributed by atoms with Crippen LogP contribution in [0.3, 0.4) is 0 Å². The maximum atomic E-state index is 11.7. The number of methoxy groups -OCH3 is 3. The van der Waals surface area contributed by atoms with Gasteiger partial charge >= 0.3 is 5.97 Å². The van der Waals surface area contributed by atoms with Crippen molar-refractivity contribution in [2.45, 2.75) is 44.6 Å². The Labute approximate surface area is 201 Å². The predicted molar refractivity (Wildman–Crippen MR) is 133 cm³/mol. The summed E-state index contributed by atoms with van der Waals surface area (Å²) in [4.78, 5) is 11.7. The van der Waals surface area contributed by atoms with Gasteiger partial charge in [0.2, 0.25) is 0 Å². The Bertz CT molecular complexity index is 1140. The molecule has 0 bridgehead atoms. The summed E-state index contributed by atoms with van der Waals surface area (Å²) in [6.45, 7) is 2.09. The number of rotatable bonds is 9. The lowest BCUT2D eigenvalue weighted by molar-refractivity contribution is -0.141. The molecule has 1 unspecified atom stereocenters. The van der Waals surface area contributed by atoms with Gasteiger partial charge in [0.15, 0.2) is 11.5 Å². The zero-order valence-electron chi connectivity index (χ0n) is 20.3. The minimum absolute atomic E-state index is 0.0270. The van der Waals surface area contributed by atoms with Crippen molar-refractivity contribution in [1.82, 2.24) is 0 Å². The molecule has 5 heteroatoms. The van der Waals surface area contributed by atoms with Crippen LogP contribution in [0, 0.1) is 0 Å². The maximum Gasteiger partial charge on any atom is 0.306 e. The molecule has 1 aliphatic rings. The normalized spacial score (nSPS) is 15.4. The molecule has 178 valence electrons. The lowest BCUT2D eigenvalue weighted by Crippen LogP contribution is -2.08. The highest BCUT2D eigenvalue weighted by molar-refractivity contribution is 5.75. The first-order valence-corrected chi connectivity index (χ1v) is 11.8. The molecule has 0 spiro atoms. The highest BCUT2D eigenvalue weighted by Gasteiger charge is 2.25. The van der Waals surface area contributed by atoms with Gasteiger partial charge in [-0.25, -0.2) is 0 Å². The van der Waals surface area contributed by atoms with Crippen molar-refractivity contribution in [3.8, 4) is 28.4 Å². The van der Waals surface area contributed by atoms with E-state index < -0.39 is 0 Å². The summed E-state index contributed by atoms with van der Waals surface area (Å²) < 4.78 is 22.3. The van der Waals surface area contributed by atoms with Crippen molar-refractivity contribution in [3.63, 3.8) is 0 Å². The molecule has 0 radical (unpaired) electrons. The molecule has 0 aliphatic heterocycles. The van der Waals surface area contributed by atoms with Crippen LogP contribution in [0.4, 0.5) is 0 Å². The summed E-state index contributed by atoms with van der Waals surface area (Å²) in [7, 11) is 4.75. The van der Waals surface area contributed by atoms with Crippen molar-refractivity contribution >= 4 is 5.97 Å². The molecule has 0 saturated heterocycles. The first-order chi connectivity index (χ1) is 16.6. The van der Waals surface area contributed by atoms with Crippen LogP contribution < -0.4 is 14.2 Å². The van der Waals surface area contributed by atoms with E-state index in [1.807, 2.05) is 24.3 Å². The molecule has 2 atom stereocenters. The van der Waals surface area contributed by atoms with E-state index in [9.17, 15) is 4.79 Å². The van der Waals surface area contributed by atoms with Gasteiger partial charge < -0.3 is 18.9 Å². The number of para-hydroxylation sites is 1. The third-order valence-corrected chi connectivity index (χ3v) is 6.64. The second kappa shape index (κ2) is 10.6. The van der Waals surface area contributed by atoms with Crippen molar-refractivity contribution < 1.29 is 23.7 Å². The Morgan fingerprint density at radius 2 is 1.79 bits per heavy atom. The second-order valence-electron chi connectivity index (χ2n) is 8.55. The number of hydrogen-bond acceptors (Lipinski definition) is 5. The van der Waals surface area contributed by atoms with Gasteiger partial charge in [-0.1, -0.05) is 49.4 Å². The van der Waals surface area contributed by atoms with E-state index in [4.69, 9.17) is 18.9 Å². The monoisotopic (exact) mass is 460 g/mol. The van der Waals surface area contributed by atoms with Gasteiger partial charge in [-0.3, -0.25) is 4.79 Å². The maximum absolute atomic E-state index is 11.7. The average Bonchev–Trinajstić information content (AvgIpc) is 3.28. The number of ether oxygens (including phenoxy) is 4. The third-order valence-electron chi connectivity index (χ3n) is 6.64. The smallest absolute Gasteiger partial charge is 0.306 e. The van der Waals surface area contributed by atoms with Crippen LogP contribution in [0.25, 0.3) is 11.1 Å². The SMILES string of the molecule is CC[C@H](CC(=O)OC)c1ccc(OC2CCc3cc(-c4cccc(OC)c4OC)ccc32)cc1. The van der Waals surface area contributed by atoms with E-state index in [2.05, 4.69) is 43.3 Å². The van der Waals surface area contributed by atoms with E-state index in [1.165, 1.54) is 18.2 Å². The van der Waals surface area contributed by atoms with E-state index in [0.717, 1.165) is 53.2 Å². The Hall–Kier alpha value is -3.47. The minimum atomic E-state index is -0.180. The second-order valence-corrected chi connectivity index (χ2v) is 8.55. The van der Waals surface area contributed by atoms with Gasteiger partial charge in [-0.15, -0.1) is 0 Å². The van der Waals surface area contributed by atoms with E-state index in [0.29, 0.717) is 6.42 Å². The Balaban J connectivity index is 1.50. The molecule has 5 nitrogen and oxygen atoms in total. The summed E-state index contributed by atoms with van der Waals surface area (Å²) in [5.74, 6) is 2.28. The molecular formula is C29H32O5. The molecule has 0 saturated carbocycles. The van der Waals surface area contributed by atoms with Gasteiger partial charge in [0.25, 0.3) is 0 Å². The zero-order valence-corrected chi connectivity index (χ0v) is 20.3. The number of carbonyl (C=O) groups is 1. The molecule has 3 aromatic carbocycles. The number of benzene rings is 3. The van der Waals surface area contributed by atoms with Crippen LogP contribution in [0.1, 0.15) is 54.9 Å². The Kier molecular flexibility index (Phi) is 7.41. The topological polar surface area (TPSA) is 54.0 Å². The van der Waals surface area contributed by atoms with Crippen molar-refractivity contribution in [2.75, 3.05) is 21.3 Å². The average molecular weight is 461 g/mol. The third kappa shape index (κ3) is 4.89. The molecule has 1 aliphatic carbocycles. The highest BCUT2D eigenvalue weighted by Crippen LogP contribution is 2.41. The van der Waals surface area contributed by atoms with Crippen molar-refractivity contribution in [2.24, 2.45) is 0 Å². The van der Waals surface area contributed by atoms with E-state index in [1.54, 1.807) is 14.2 Å². The quantitative estimate of drug-likeness (QED) is 0.342. The van der Waals surface area contributed by atoms with Crippen LogP contribution in [0.2, 0.25) is 0 Å². The van der Waals surface area contributed by atoms with E-state index in [-0.39, 0.29) is 18.0 Å². The fraction of sp³-hybridized carbons (Fsp3) is 0.345. The molecule has 0 N–H and O–H groups in total. The van der Waals surface area contributed by atoms with Crippen molar-refractivity contribution in [3.05, 3.63) is 77.4 Å². The first-order valence-electron chi connectivity index (χ1n) is 11.8. The molecule has 4 rings (SSSR count). The number of esters is 1. The number of fused-ring (bicyclic) bond motifs is 1. The zero-order chi connectivity index (χ0) is 24.1. The highest BCUT2D eigenvalue weighted by atomic mass is 16.5. The van der Waals surface area contributed by atoms with Crippen LogP contribution in [-0.2, 0) is 16.0 Å². The number of carbonyl (C=O) groups excluding carboxylic acids is 1. The molecule has 3 aromatic rings. The summed E-state index contributed by atoms with van der Waals surface area (Å²) in [5, 5.41) is 0. The molecule has 0 aromatic heterocycles. The van der Waals surface area contributed by atoms with Crippen molar-refractivity contribution in [1.29, 1.82) is 0 Å². The minimum Gasteiger partial charge on any atom is -0.493 e. The fourth-order valence-corrected chi connectivity index (χ4v) is 4.75. The van der Waals surface area contributed by atoms with Crippen LogP contribution in [0.15, 0.2) is 60.7 Å². The molecule has 0 amide bonds. The Morgan fingerprint density at radius 1 is 1.00 bits per heavy atom. The van der Waals surface area contributed by atoms with Gasteiger partial charge in [-0.2, -0.15) is 0 Å². The molecule has 0 fully saturated rings. The number of aryl methyl sites for hydroxylation is 1. The van der Waals surface area contributed by atoms with Gasteiger partial charge in [0, 0.05) is 5.56 Å². The largest absolute Gasteiger partial charge is 0.493 e. The van der Waals surface area contributed by atoms with Crippen LogP contribution in [0.5, 0.6) is 17.2 Å². The molecular weight excluding hydrogens is 428 g/mol. The van der Waals surface area contributed by atoms with Gasteiger partial charge in [0.05, 0.1) is 27.8 Å². The summed E-state index contributed by atoms with van der Waals surface area (Å²) in [6, 6.07) is 20.6. The summed E-state index contributed by atoms with van der Waals surface area (Å²) in [5.41, 5.74) is 5.78. The fourth-order valence-electron chi connectivity index (χ4n) is 4.75. The summed E-state index contributed by atoms with van der Waals surface area (Å²) >= 11 is 0. The predicted octanol–water partition coefficient (Wildman–Crippen LogP) is 6.49. The summed E-state index contributed by atoms with van der Waals surface area (Å²) in [6.07, 6.45) is 3.21. The van der Waals surface area contributed by atoms with Gasteiger partial charge in [0.1, 0.15) is 11.9 Å². The van der Waals surface area contributed by atoms with Crippen LogP contribution in [-0.4, -0.2) is 27.3 Å². The lowest BCUT2D eigenvalue weighted by Gasteiger charge is -2.18. The molecule has 34 heavy (non-hydrogen) atoms.